The largest absolute Gasteiger partial charge is 0.495 e. The molecule has 6 heteroatoms. The second-order valence-corrected chi connectivity index (χ2v) is 6.58. The highest BCUT2D eigenvalue weighted by molar-refractivity contribution is 6.31. The molecular weight excluding hydrogens is 352 g/mol. The van der Waals surface area contributed by atoms with Crippen LogP contribution in [0.3, 0.4) is 0 Å². The van der Waals surface area contributed by atoms with Gasteiger partial charge in [-0.2, -0.15) is 0 Å². The Kier molecular flexibility index (Phi) is 6.27. The molecule has 0 unspecified atom stereocenters. The summed E-state index contributed by atoms with van der Waals surface area (Å²) in [6, 6.07) is 9.08. The molecule has 0 bridgehead atoms. The van der Waals surface area contributed by atoms with Crippen LogP contribution in [0, 0.1) is 20.8 Å². The fourth-order valence-electron chi connectivity index (χ4n) is 2.66. The Morgan fingerprint density at radius 2 is 1.85 bits per heavy atom. The second kappa shape index (κ2) is 8.23. The Hall–Kier alpha value is -2.53. The summed E-state index contributed by atoms with van der Waals surface area (Å²) in [7, 11) is 1.51. The van der Waals surface area contributed by atoms with Crippen molar-refractivity contribution in [2.45, 2.75) is 27.7 Å². The molecule has 26 heavy (non-hydrogen) atoms. The zero-order chi connectivity index (χ0) is 19.4. The molecule has 2 rings (SSSR count). The molecule has 0 spiro atoms. The molecule has 0 aliphatic rings. The van der Waals surface area contributed by atoms with Gasteiger partial charge in [-0.15, -0.1) is 0 Å². The molecule has 2 amide bonds. The molecule has 0 aromatic heterocycles. The van der Waals surface area contributed by atoms with Gasteiger partial charge in [0.05, 0.1) is 12.8 Å². The van der Waals surface area contributed by atoms with E-state index in [0.29, 0.717) is 16.5 Å². The van der Waals surface area contributed by atoms with E-state index in [0.717, 1.165) is 22.4 Å². The number of amides is 2. The third-order valence-corrected chi connectivity index (χ3v) is 4.71. The first kappa shape index (κ1) is 19.8. The third kappa shape index (κ3) is 4.35. The van der Waals surface area contributed by atoms with E-state index in [9.17, 15) is 9.59 Å². The zero-order valence-electron chi connectivity index (χ0n) is 15.6. The number of ether oxygens (including phenoxy) is 1. The molecular formula is C20H23ClN2O3. The summed E-state index contributed by atoms with van der Waals surface area (Å²) in [5.41, 5.74) is 4.09. The first-order valence-electron chi connectivity index (χ1n) is 8.23. The van der Waals surface area contributed by atoms with Gasteiger partial charge in [-0.05, 0) is 49.6 Å². The van der Waals surface area contributed by atoms with E-state index in [-0.39, 0.29) is 18.4 Å². The molecule has 0 atom stereocenters. The van der Waals surface area contributed by atoms with Crippen molar-refractivity contribution in [2.75, 3.05) is 23.9 Å². The molecule has 2 aromatic rings. The predicted molar refractivity (Wildman–Crippen MR) is 105 cm³/mol. The lowest BCUT2D eigenvalue weighted by molar-refractivity contribution is -0.120. The summed E-state index contributed by atoms with van der Waals surface area (Å²) in [6.07, 6.45) is 0. The van der Waals surface area contributed by atoms with Crippen molar-refractivity contribution in [3.63, 3.8) is 0 Å². The van der Waals surface area contributed by atoms with Crippen LogP contribution >= 0.6 is 11.6 Å². The number of nitrogens with one attached hydrogen (secondary N) is 1. The summed E-state index contributed by atoms with van der Waals surface area (Å²) >= 11 is 6.09. The van der Waals surface area contributed by atoms with Gasteiger partial charge in [-0.1, -0.05) is 23.7 Å². The number of aryl methyl sites for hydroxylation is 2. The highest BCUT2D eigenvalue weighted by atomic mass is 35.5. The smallest absolute Gasteiger partial charge is 0.244 e. The van der Waals surface area contributed by atoms with Crippen molar-refractivity contribution in [3.8, 4) is 5.75 Å². The first-order chi connectivity index (χ1) is 12.2. The lowest BCUT2D eigenvalue weighted by atomic mass is 10.1. The van der Waals surface area contributed by atoms with Crippen LogP contribution in [0.15, 0.2) is 30.3 Å². The molecule has 0 heterocycles. The normalized spacial score (nSPS) is 10.4. The minimum atomic E-state index is -0.318. The van der Waals surface area contributed by atoms with E-state index in [2.05, 4.69) is 5.32 Å². The molecule has 0 aliphatic carbocycles. The number of carbonyl (C=O) groups excluding carboxylic acids is 2. The van der Waals surface area contributed by atoms with Crippen LogP contribution in [-0.4, -0.2) is 25.5 Å². The highest BCUT2D eigenvalue weighted by Crippen LogP contribution is 2.31. The van der Waals surface area contributed by atoms with Crippen molar-refractivity contribution < 1.29 is 14.3 Å². The maximum absolute atomic E-state index is 12.6. The average molecular weight is 375 g/mol. The predicted octanol–water partition coefficient (Wildman–Crippen LogP) is 4.27. The Balaban J connectivity index is 2.26. The molecule has 2 aromatic carbocycles. The number of rotatable bonds is 5. The second-order valence-electron chi connectivity index (χ2n) is 6.17. The summed E-state index contributed by atoms with van der Waals surface area (Å²) < 4.78 is 5.27. The molecule has 0 fully saturated rings. The van der Waals surface area contributed by atoms with Gasteiger partial charge < -0.3 is 15.0 Å². The van der Waals surface area contributed by atoms with Crippen molar-refractivity contribution in [3.05, 3.63) is 52.0 Å². The van der Waals surface area contributed by atoms with E-state index in [4.69, 9.17) is 16.3 Å². The van der Waals surface area contributed by atoms with Crippen molar-refractivity contribution in [2.24, 2.45) is 0 Å². The molecule has 0 aliphatic heterocycles. The standard InChI is InChI=1S/C20H23ClN2O3/c1-12-7-6-8-18(14(12)3)23(15(4)24)11-20(25)22-17-9-13(2)16(21)10-19(17)26-5/h6-10H,11H2,1-5H3,(H,22,25). The number of nitrogens with zero attached hydrogens (tertiary/aromatic N) is 1. The van der Waals surface area contributed by atoms with Crippen molar-refractivity contribution in [1.29, 1.82) is 0 Å². The summed E-state index contributed by atoms with van der Waals surface area (Å²) in [6.45, 7) is 7.10. The highest BCUT2D eigenvalue weighted by Gasteiger charge is 2.19. The Morgan fingerprint density at radius 3 is 2.46 bits per heavy atom. The summed E-state index contributed by atoms with van der Waals surface area (Å²) in [5.74, 6) is -0.0516. The molecule has 0 saturated carbocycles. The maximum Gasteiger partial charge on any atom is 0.244 e. The number of carbonyl (C=O) groups is 2. The van der Waals surface area contributed by atoms with Crippen LogP contribution in [0.1, 0.15) is 23.6 Å². The average Bonchev–Trinajstić information content (AvgIpc) is 2.58. The van der Waals surface area contributed by atoms with Gasteiger partial charge in [-0.25, -0.2) is 0 Å². The lowest BCUT2D eigenvalue weighted by Crippen LogP contribution is -2.37. The van der Waals surface area contributed by atoms with Gasteiger partial charge in [0.2, 0.25) is 11.8 Å². The number of methoxy groups -OCH3 is 1. The van der Waals surface area contributed by atoms with Gasteiger partial charge in [0.25, 0.3) is 0 Å². The minimum absolute atomic E-state index is 0.0928. The fraction of sp³-hybridized carbons (Fsp3) is 0.300. The van der Waals surface area contributed by atoms with Crippen molar-refractivity contribution in [1.82, 2.24) is 0 Å². The number of hydrogen-bond donors (Lipinski definition) is 1. The summed E-state index contributed by atoms with van der Waals surface area (Å²) in [4.78, 5) is 26.2. The first-order valence-corrected chi connectivity index (χ1v) is 8.60. The fourth-order valence-corrected chi connectivity index (χ4v) is 2.81. The van der Waals surface area contributed by atoms with Crippen LogP contribution in [0.4, 0.5) is 11.4 Å². The van der Waals surface area contributed by atoms with Crippen LogP contribution in [0.5, 0.6) is 5.75 Å². The maximum atomic E-state index is 12.6. The lowest BCUT2D eigenvalue weighted by Gasteiger charge is -2.23. The minimum Gasteiger partial charge on any atom is -0.495 e. The van der Waals surface area contributed by atoms with Gasteiger partial charge in [0.15, 0.2) is 0 Å². The van der Waals surface area contributed by atoms with Crippen LogP contribution in [0.25, 0.3) is 0 Å². The van der Waals surface area contributed by atoms with E-state index < -0.39 is 0 Å². The Labute approximate surface area is 158 Å². The van der Waals surface area contributed by atoms with Crippen molar-refractivity contribution >= 4 is 34.8 Å². The molecule has 0 radical (unpaired) electrons. The Bertz CT molecular complexity index is 849. The molecule has 5 nitrogen and oxygen atoms in total. The zero-order valence-corrected chi connectivity index (χ0v) is 16.4. The van der Waals surface area contributed by atoms with Crippen LogP contribution < -0.4 is 15.0 Å². The van der Waals surface area contributed by atoms with Gasteiger partial charge in [0.1, 0.15) is 12.3 Å². The summed E-state index contributed by atoms with van der Waals surface area (Å²) in [5, 5.41) is 3.36. The van der Waals surface area contributed by atoms with Gasteiger partial charge in [-0.3, -0.25) is 9.59 Å². The van der Waals surface area contributed by atoms with Crippen LogP contribution in [-0.2, 0) is 9.59 Å². The number of hydrogen-bond acceptors (Lipinski definition) is 3. The van der Waals surface area contributed by atoms with E-state index in [1.165, 1.54) is 18.9 Å². The topological polar surface area (TPSA) is 58.6 Å². The molecule has 1 N–H and O–H groups in total. The monoisotopic (exact) mass is 374 g/mol. The van der Waals surface area contributed by atoms with Gasteiger partial charge in [0, 0.05) is 23.7 Å². The number of anilines is 2. The number of halogens is 1. The van der Waals surface area contributed by atoms with E-state index in [1.54, 1.807) is 12.1 Å². The SMILES string of the molecule is COc1cc(Cl)c(C)cc1NC(=O)CN(C(C)=O)c1cccc(C)c1C. The van der Waals surface area contributed by atoms with Gasteiger partial charge >= 0.3 is 0 Å². The number of benzene rings is 2. The molecule has 0 saturated heterocycles. The Morgan fingerprint density at radius 1 is 1.15 bits per heavy atom. The van der Waals surface area contributed by atoms with E-state index >= 15 is 0 Å². The van der Waals surface area contributed by atoms with Crippen LogP contribution in [0.2, 0.25) is 5.02 Å². The van der Waals surface area contributed by atoms with E-state index in [1.807, 2.05) is 39.0 Å². The third-order valence-electron chi connectivity index (χ3n) is 4.30. The molecule has 138 valence electrons. The quantitative estimate of drug-likeness (QED) is 0.850.